The molecule has 0 radical (unpaired) electrons. The summed E-state index contributed by atoms with van der Waals surface area (Å²) in [5.41, 5.74) is 1.12. The zero-order chi connectivity index (χ0) is 16.7. The van der Waals surface area contributed by atoms with Gasteiger partial charge in [0.25, 0.3) is 5.91 Å². The van der Waals surface area contributed by atoms with Crippen LogP contribution in [-0.2, 0) is 0 Å². The van der Waals surface area contributed by atoms with Crippen molar-refractivity contribution in [2.24, 2.45) is 0 Å². The van der Waals surface area contributed by atoms with E-state index in [1.807, 2.05) is 38.1 Å². The molecule has 1 amide bonds. The molecule has 0 fully saturated rings. The van der Waals surface area contributed by atoms with E-state index in [1.165, 1.54) is 12.4 Å². The van der Waals surface area contributed by atoms with Crippen molar-refractivity contribution in [1.29, 1.82) is 0 Å². The Balaban J connectivity index is 1.97. The number of hydrogen-bond donors (Lipinski definition) is 2. The van der Waals surface area contributed by atoms with Crippen molar-refractivity contribution < 1.29 is 9.53 Å². The van der Waals surface area contributed by atoms with Crippen LogP contribution < -0.4 is 15.4 Å². The minimum atomic E-state index is -0.279. The number of benzene rings is 1. The van der Waals surface area contributed by atoms with Crippen molar-refractivity contribution in [3.63, 3.8) is 0 Å². The molecule has 0 saturated carbocycles. The summed E-state index contributed by atoms with van der Waals surface area (Å²) in [6.45, 7) is 7.89. The number of rotatable bonds is 7. The molecule has 0 spiro atoms. The van der Waals surface area contributed by atoms with Gasteiger partial charge in [-0.15, -0.1) is 6.58 Å². The fourth-order valence-electron chi connectivity index (χ4n) is 1.80. The number of nitrogens with zero attached hydrogens (tertiary/aromatic N) is 2. The van der Waals surface area contributed by atoms with Crippen LogP contribution in [0.4, 0.5) is 11.5 Å². The van der Waals surface area contributed by atoms with E-state index in [0.717, 1.165) is 11.4 Å². The van der Waals surface area contributed by atoms with Crippen LogP contribution in [0.5, 0.6) is 5.75 Å². The van der Waals surface area contributed by atoms with Crippen LogP contribution in [0.1, 0.15) is 24.3 Å². The van der Waals surface area contributed by atoms with Crippen molar-refractivity contribution in [2.75, 3.05) is 11.9 Å². The normalized spacial score (nSPS) is 10.2. The van der Waals surface area contributed by atoms with Gasteiger partial charge < -0.3 is 15.4 Å². The Kier molecular flexibility index (Phi) is 5.68. The van der Waals surface area contributed by atoms with E-state index in [0.29, 0.717) is 12.4 Å². The second-order valence-corrected chi connectivity index (χ2v) is 5.10. The van der Waals surface area contributed by atoms with Gasteiger partial charge in [0.05, 0.1) is 18.5 Å². The van der Waals surface area contributed by atoms with Crippen molar-refractivity contribution in [2.45, 2.75) is 20.0 Å². The average molecular weight is 312 g/mol. The van der Waals surface area contributed by atoms with E-state index in [-0.39, 0.29) is 17.7 Å². The Morgan fingerprint density at radius 2 is 2.00 bits per heavy atom. The summed E-state index contributed by atoms with van der Waals surface area (Å²) >= 11 is 0. The van der Waals surface area contributed by atoms with Crippen molar-refractivity contribution in [3.05, 3.63) is 55.0 Å². The van der Waals surface area contributed by atoms with Gasteiger partial charge in [-0.1, -0.05) is 6.08 Å². The molecule has 0 atom stereocenters. The van der Waals surface area contributed by atoms with E-state index in [1.54, 1.807) is 6.08 Å². The van der Waals surface area contributed by atoms with E-state index < -0.39 is 0 Å². The lowest BCUT2D eigenvalue weighted by Gasteiger charge is -2.11. The van der Waals surface area contributed by atoms with Gasteiger partial charge in [-0.05, 0) is 38.1 Å². The molecule has 2 N–H and O–H groups in total. The first-order valence-corrected chi connectivity index (χ1v) is 7.33. The first-order chi connectivity index (χ1) is 11.1. The zero-order valence-electron chi connectivity index (χ0n) is 13.2. The highest BCUT2D eigenvalue weighted by molar-refractivity contribution is 5.92. The summed E-state index contributed by atoms with van der Waals surface area (Å²) in [6, 6.07) is 7.55. The van der Waals surface area contributed by atoms with Crippen LogP contribution in [0.15, 0.2) is 49.3 Å². The molecule has 120 valence electrons. The molecule has 2 rings (SSSR count). The molecule has 6 nitrogen and oxygen atoms in total. The number of aromatic nitrogens is 2. The highest BCUT2D eigenvalue weighted by Crippen LogP contribution is 2.19. The molecule has 0 aliphatic heterocycles. The molecule has 0 aliphatic carbocycles. The summed E-state index contributed by atoms with van der Waals surface area (Å²) in [6.07, 6.45) is 4.69. The third kappa shape index (κ3) is 5.10. The molecule has 1 heterocycles. The molecule has 0 bridgehead atoms. The number of anilines is 2. The van der Waals surface area contributed by atoms with E-state index in [4.69, 9.17) is 4.74 Å². The van der Waals surface area contributed by atoms with Crippen LogP contribution >= 0.6 is 0 Å². The summed E-state index contributed by atoms with van der Waals surface area (Å²) in [5, 5.41) is 5.76. The second kappa shape index (κ2) is 7.93. The minimum Gasteiger partial charge on any atom is -0.491 e. The number of nitrogens with one attached hydrogen (secondary N) is 2. The third-order valence-electron chi connectivity index (χ3n) is 2.79. The fraction of sp³-hybridized carbons (Fsp3) is 0.235. The topological polar surface area (TPSA) is 76.1 Å². The van der Waals surface area contributed by atoms with Gasteiger partial charge in [0.1, 0.15) is 17.3 Å². The number of hydrogen-bond acceptors (Lipinski definition) is 5. The third-order valence-corrected chi connectivity index (χ3v) is 2.79. The van der Waals surface area contributed by atoms with Crippen LogP contribution in [0.25, 0.3) is 0 Å². The number of carbonyl (C=O) groups excluding carboxylic acids is 1. The Morgan fingerprint density at radius 1 is 1.26 bits per heavy atom. The van der Waals surface area contributed by atoms with Crippen molar-refractivity contribution in [3.8, 4) is 5.75 Å². The maximum absolute atomic E-state index is 11.7. The van der Waals surface area contributed by atoms with Gasteiger partial charge >= 0.3 is 0 Å². The standard InChI is InChI=1S/C17H20N4O2/c1-4-9-18-17(22)15-10-20-16(11-19-15)21-13-5-7-14(8-6-13)23-12(2)3/h4-8,10-12H,1,9H2,2-3H3,(H,18,22)(H,20,21). The Morgan fingerprint density at radius 3 is 2.57 bits per heavy atom. The summed E-state index contributed by atoms with van der Waals surface area (Å²) < 4.78 is 5.59. The molecular weight excluding hydrogens is 292 g/mol. The summed E-state index contributed by atoms with van der Waals surface area (Å²) in [5.74, 6) is 1.09. The molecule has 6 heteroatoms. The van der Waals surface area contributed by atoms with Gasteiger partial charge in [0.2, 0.25) is 0 Å². The first kappa shape index (κ1) is 16.5. The van der Waals surface area contributed by atoms with Crippen LogP contribution in [-0.4, -0.2) is 28.5 Å². The summed E-state index contributed by atoms with van der Waals surface area (Å²) in [7, 11) is 0. The number of ether oxygens (including phenoxy) is 1. The minimum absolute atomic E-state index is 0.138. The van der Waals surface area contributed by atoms with E-state index >= 15 is 0 Å². The lowest BCUT2D eigenvalue weighted by Crippen LogP contribution is -2.24. The predicted octanol–water partition coefficient (Wildman–Crippen LogP) is 2.92. The molecule has 0 aliphatic rings. The highest BCUT2D eigenvalue weighted by atomic mass is 16.5. The largest absolute Gasteiger partial charge is 0.491 e. The predicted molar refractivity (Wildman–Crippen MR) is 90.1 cm³/mol. The Bertz CT molecular complexity index is 651. The van der Waals surface area contributed by atoms with Crippen molar-refractivity contribution >= 4 is 17.4 Å². The average Bonchev–Trinajstić information content (AvgIpc) is 2.54. The highest BCUT2D eigenvalue weighted by Gasteiger charge is 2.06. The van der Waals surface area contributed by atoms with Gasteiger partial charge in [-0.2, -0.15) is 0 Å². The lowest BCUT2D eigenvalue weighted by atomic mass is 10.3. The molecule has 23 heavy (non-hydrogen) atoms. The monoisotopic (exact) mass is 312 g/mol. The SMILES string of the molecule is C=CCNC(=O)c1cnc(Nc2ccc(OC(C)C)cc2)cn1. The maximum Gasteiger partial charge on any atom is 0.271 e. The Hall–Kier alpha value is -2.89. The zero-order valence-corrected chi connectivity index (χ0v) is 13.2. The second-order valence-electron chi connectivity index (χ2n) is 5.10. The molecule has 0 unspecified atom stereocenters. The van der Waals surface area contributed by atoms with Gasteiger partial charge in [-0.3, -0.25) is 4.79 Å². The first-order valence-electron chi connectivity index (χ1n) is 7.33. The maximum atomic E-state index is 11.7. The van der Waals surface area contributed by atoms with Gasteiger partial charge in [-0.25, -0.2) is 9.97 Å². The van der Waals surface area contributed by atoms with E-state index in [2.05, 4.69) is 27.2 Å². The number of amides is 1. The van der Waals surface area contributed by atoms with Gasteiger partial charge in [0, 0.05) is 12.2 Å². The van der Waals surface area contributed by atoms with Crippen LogP contribution in [0.2, 0.25) is 0 Å². The Labute approximate surface area is 135 Å². The van der Waals surface area contributed by atoms with Gasteiger partial charge in [0.15, 0.2) is 0 Å². The fourth-order valence-corrected chi connectivity index (χ4v) is 1.80. The molecule has 2 aromatic rings. The van der Waals surface area contributed by atoms with Crippen molar-refractivity contribution in [1.82, 2.24) is 15.3 Å². The summed E-state index contributed by atoms with van der Waals surface area (Å²) in [4.78, 5) is 20.0. The smallest absolute Gasteiger partial charge is 0.271 e. The van der Waals surface area contributed by atoms with Crippen LogP contribution in [0.3, 0.4) is 0 Å². The molecular formula is C17H20N4O2. The lowest BCUT2D eigenvalue weighted by molar-refractivity contribution is 0.0952. The quantitative estimate of drug-likeness (QED) is 0.769. The molecule has 1 aromatic heterocycles. The molecule has 1 aromatic carbocycles. The number of carbonyl (C=O) groups is 1. The van der Waals surface area contributed by atoms with Crippen LogP contribution in [0, 0.1) is 0 Å². The molecule has 0 saturated heterocycles. The van der Waals surface area contributed by atoms with E-state index in [9.17, 15) is 4.79 Å².